The van der Waals surface area contributed by atoms with Crippen LogP contribution >= 0.6 is 0 Å². The Morgan fingerprint density at radius 2 is 1.60 bits per heavy atom. The minimum atomic E-state index is 0.340. The highest BCUT2D eigenvalue weighted by Gasteiger charge is 2.13. The number of ether oxygens (including phenoxy) is 1. The molecule has 0 saturated heterocycles. The van der Waals surface area contributed by atoms with E-state index in [0.717, 1.165) is 12.3 Å². The normalized spacial score (nSPS) is 12.4. The molecule has 0 fully saturated rings. The Kier molecular flexibility index (Phi) is 5.19. The van der Waals surface area contributed by atoms with Crippen molar-refractivity contribution >= 4 is 0 Å². The Hall–Kier alpha value is -1.80. The van der Waals surface area contributed by atoms with Gasteiger partial charge in [-0.2, -0.15) is 0 Å². The number of benzene rings is 2. The second-order valence-corrected chi connectivity index (χ2v) is 5.32. The molecule has 1 unspecified atom stereocenters. The first kappa shape index (κ1) is 14.6. The molecule has 0 amide bonds. The first-order valence-corrected chi connectivity index (χ1v) is 7.10. The fourth-order valence-electron chi connectivity index (χ4n) is 2.23. The molecule has 20 heavy (non-hydrogen) atoms. The first-order chi connectivity index (χ1) is 9.68. The third-order valence-corrected chi connectivity index (χ3v) is 3.48. The van der Waals surface area contributed by atoms with E-state index in [1.54, 1.807) is 0 Å². The van der Waals surface area contributed by atoms with Gasteiger partial charge in [0.25, 0.3) is 0 Å². The third-order valence-electron chi connectivity index (χ3n) is 3.48. The van der Waals surface area contributed by atoms with E-state index in [1.165, 1.54) is 11.1 Å². The van der Waals surface area contributed by atoms with Gasteiger partial charge in [0.05, 0.1) is 0 Å². The second-order valence-electron chi connectivity index (χ2n) is 5.32. The van der Waals surface area contributed by atoms with Crippen molar-refractivity contribution in [3.05, 3.63) is 65.7 Å². The largest absolute Gasteiger partial charge is 0.492 e. The molecule has 2 heteroatoms. The van der Waals surface area contributed by atoms with Gasteiger partial charge in [-0.3, -0.25) is 0 Å². The summed E-state index contributed by atoms with van der Waals surface area (Å²) in [6, 6.07) is 18.9. The van der Waals surface area contributed by atoms with Gasteiger partial charge in [-0.15, -0.1) is 0 Å². The quantitative estimate of drug-likeness (QED) is 0.791. The summed E-state index contributed by atoms with van der Waals surface area (Å²) in [5.41, 5.74) is 2.56. The van der Waals surface area contributed by atoms with Gasteiger partial charge in [-0.25, -0.2) is 0 Å². The van der Waals surface area contributed by atoms with Crippen molar-refractivity contribution in [1.29, 1.82) is 0 Å². The molecule has 0 radical (unpaired) electrons. The molecule has 0 saturated carbocycles. The maximum Gasteiger partial charge on any atom is 0.123 e. The molecule has 0 aliphatic carbocycles. The van der Waals surface area contributed by atoms with Gasteiger partial charge in [0.1, 0.15) is 12.4 Å². The summed E-state index contributed by atoms with van der Waals surface area (Å²) in [6.45, 7) is 3.86. The second kappa shape index (κ2) is 7.11. The summed E-state index contributed by atoms with van der Waals surface area (Å²) in [7, 11) is 4.11. The van der Waals surface area contributed by atoms with Crippen LogP contribution in [-0.4, -0.2) is 32.1 Å². The van der Waals surface area contributed by atoms with E-state index in [2.05, 4.69) is 74.4 Å². The molecular formula is C18H23NO. The summed E-state index contributed by atoms with van der Waals surface area (Å²) in [5, 5.41) is 0. The van der Waals surface area contributed by atoms with Crippen LogP contribution in [0, 0.1) is 0 Å². The van der Waals surface area contributed by atoms with Crippen LogP contribution in [0.2, 0.25) is 0 Å². The minimum absolute atomic E-state index is 0.340. The SMILES string of the molecule is CC(c1ccccc1)c1ccccc1OCCN(C)C. The van der Waals surface area contributed by atoms with E-state index in [-0.39, 0.29) is 0 Å². The van der Waals surface area contributed by atoms with Crippen LogP contribution in [0.4, 0.5) is 0 Å². The monoisotopic (exact) mass is 269 g/mol. The Labute approximate surface area is 122 Å². The van der Waals surface area contributed by atoms with Crippen LogP contribution in [0.3, 0.4) is 0 Å². The zero-order chi connectivity index (χ0) is 14.4. The molecular weight excluding hydrogens is 246 g/mol. The number of hydrogen-bond donors (Lipinski definition) is 0. The van der Waals surface area contributed by atoms with Gasteiger partial charge < -0.3 is 9.64 Å². The first-order valence-electron chi connectivity index (χ1n) is 7.10. The van der Waals surface area contributed by atoms with Crippen LogP contribution in [0.1, 0.15) is 24.0 Å². The van der Waals surface area contributed by atoms with E-state index in [0.29, 0.717) is 12.5 Å². The number of likely N-dealkylation sites (N-methyl/N-ethyl adjacent to an activating group) is 1. The molecule has 1 atom stereocenters. The highest BCUT2D eigenvalue weighted by molar-refractivity contribution is 5.41. The summed E-state index contributed by atoms with van der Waals surface area (Å²) in [6.07, 6.45) is 0. The molecule has 0 aliphatic rings. The predicted octanol–water partition coefficient (Wildman–Crippen LogP) is 3.78. The molecule has 0 bridgehead atoms. The molecule has 2 aromatic rings. The molecule has 2 rings (SSSR count). The van der Waals surface area contributed by atoms with Crippen LogP contribution < -0.4 is 4.74 Å². The molecule has 2 nitrogen and oxygen atoms in total. The van der Waals surface area contributed by atoms with E-state index in [9.17, 15) is 0 Å². The predicted molar refractivity (Wildman–Crippen MR) is 84.5 cm³/mol. The molecule has 0 aromatic heterocycles. The minimum Gasteiger partial charge on any atom is -0.492 e. The lowest BCUT2D eigenvalue weighted by Gasteiger charge is -2.18. The lowest BCUT2D eigenvalue weighted by Crippen LogP contribution is -2.19. The van der Waals surface area contributed by atoms with Crippen molar-refractivity contribution in [1.82, 2.24) is 4.90 Å². The van der Waals surface area contributed by atoms with Crippen molar-refractivity contribution in [2.75, 3.05) is 27.2 Å². The van der Waals surface area contributed by atoms with Crippen molar-refractivity contribution < 1.29 is 4.74 Å². The molecule has 106 valence electrons. The third kappa shape index (κ3) is 3.84. The Morgan fingerprint density at radius 1 is 0.950 bits per heavy atom. The smallest absolute Gasteiger partial charge is 0.123 e. The zero-order valence-electron chi connectivity index (χ0n) is 12.5. The van der Waals surface area contributed by atoms with Crippen molar-refractivity contribution in [3.8, 4) is 5.75 Å². The zero-order valence-corrected chi connectivity index (χ0v) is 12.5. The van der Waals surface area contributed by atoms with Gasteiger partial charge >= 0.3 is 0 Å². The van der Waals surface area contributed by atoms with E-state index in [4.69, 9.17) is 4.74 Å². The molecule has 0 heterocycles. The fourth-order valence-corrected chi connectivity index (χ4v) is 2.23. The lowest BCUT2D eigenvalue weighted by molar-refractivity contribution is 0.259. The van der Waals surface area contributed by atoms with Gasteiger partial charge in [-0.05, 0) is 25.7 Å². The number of nitrogens with zero attached hydrogens (tertiary/aromatic N) is 1. The molecule has 0 spiro atoms. The lowest BCUT2D eigenvalue weighted by atomic mass is 9.92. The Morgan fingerprint density at radius 3 is 2.30 bits per heavy atom. The fraction of sp³-hybridized carbons (Fsp3) is 0.333. The van der Waals surface area contributed by atoms with E-state index >= 15 is 0 Å². The maximum atomic E-state index is 5.95. The Bertz CT molecular complexity index is 522. The topological polar surface area (TPSA) is 12.5 Å². The summed E-state index contributed by atoms with van der Waals surface area (Å²) >= 11 is 0. The average molecular weight is 269 g/mol. The van der Waals surface area contributed by atoms with Gasteiger partial charge in [0.2, 0.25) is 0 Å². The highest BCUT2D eigenvalue weighted by Crippen LogP contribution is 2.31. The molecule has 2 aromatic carbocycles. The number of para-hydroxylation sites is 1. The van der Waals surface area contributed by atoms with E-state index in [1.807, 2.05) is 6.07 Å². The van der Waals surface area contributed by atoms with Crippen LogP contribution in [0.25, 0.3) is 0 Å². The van der Waals surface area contributed by atoms with Crippen molar-refractivity contribution in [2.24, 2.45) is 0 Å². The van der Waals surface area contributed by atoms with Crippen LogP contribution in [-0.2, 0) is 0 Å². The van der Waals surface area contributed by atoms with Crippen molar-refractivity contribution in [3.63, 3.8) is 0 Å². The van der Waals surface area contributed by atoms with Crippen LogP contribution in [0.5, 0.6) is 5.75 Å². The standard InChI is InChI=1S/C18H23NO/c1-15(16-9-5-4-6-10-16)17-11-7-8-12-18(17)20-14-13-19(2)3/h4-12,15H,13-14H2,1-3H3. The number of hydrogen-bond acceptors (Lipinski definition) is 2. The van der Waals surface area contributed by atoms with Crippen molar-refractivity contribution in [2.45, 2.75) is 12.8 Å². The summed E-state index contributed by atoms with van der Waals surface area (Å²) in [4.78, 5) is 2.13. The molecule has 0 N–H and O–H groups in total. The van der Waals surface area contributed by atoms with Gasteiger partial charge in [0.15, 0.2) is 0 Å². The molecule has 0 aliphatic heterocycles. The van der Waals surface area contributed by atoms with Crippen LogP contribution in [0.15, 0.2) is 54.6 Å². The average Bonchev–Trinajstić information content (AvgIpc) is 2.47. The van der Waals surface area contributed by atoms with Gasteiger partial charge in [-0.1, -0.05) is 55.5 Å². The highest BCUT2D eigenvalue weighted by atomic mass is 16.5. The van der Waals surface area contributed by atoms with E-state index < -0.39 is 0 Å². The van der Waals surface area contributed by atoms with Gasteiger partial charge in [0, 0.05) is 18.0 Å². The Balaban J connectivity index is 2.15. The number of rotatable bonds is 6. The summed E-state index contributed by atoms with van der Waals surface area (Å²) in [5.74, 6) is 1.33. The maximum absolute atomic E-state index is 5.95. The summed E-state index contributed by atoms with van der Waals surface area (Å²) < 4.78 is 5.95.